The predicted octanol–water partition coefficient (Wildman–Crippen LogP) is 3.50. The minimum absolute atomic E-state index is 0.289. The summed E-state index contributed by atoms with van der Waals surface area (Å²) in [5.41, 5.74) is 0.989. The Labute approximate surface area is 138 Å². The molecule has 0 aliphatic carbocycles. The van der Waals surface area contributed by atoms with E-state index in [2.05, 4.69) is 40.3 Å². The molecule has 1 aliphatic rings. The number of aromatic nitrogens is 1. The van der Waals surface area contributed by atoms with Crippen LogP contribution in [0.2, 0.25) is 0 Å². The molecule has 0 spiro atoms. The lowest BCUT2D eigenvalue weighted by Crippen LogP contribution is -2.37. The Hall–Kier alpha value is -1.91. The first-order valence-electron chi connectivity index (χ1n) is 8.43. The SMILES string of the molecule is CC(C=Cc1ccccn1)NCC(c1ccco1)N1CCCC1. The van der Waals surface area contributed by atoms with Crippen molar-refractivity contribution in [1.29, 1.82) is 0 Å². The van der Waals surface area contributed by atoms with Gasteiger partial charge in [0.25, 0.3) is 0 Å². The number of rotatable bonds is 7. The van der Waals surface area contributed by atoms with E-state index in [4.69, 9.17) is 4.42 Å². The largest absolute Gasteiger partial charge is 0.468 e. The molecule has 3 heterocycles. The zero-order valence-corrected chi connectivity index (χ0v) is 13.7. The van der Waals surface area contributed by atoms with E-state index in [1.54, 1.807) is 6.26 Å². The van der Waals surface area contributed by atoms with Gasteiger partial charge in [-0.05, 0) is 63.2 Å². The zero-order chi connectivity index (χ0) is 15.9. The van der Waals surface area contributed by atoms with Crippen LogP contribution < -0.4 is 5.32 Å². The molecule has 2 atom stereocenters. The molecule has 3 rings (SSSR count). The van der Waals surface area contributed by atoms with Crippen LogP contribution in [-0.4, -0.2) is 35.6 Å². The van der Waals surface area contributed by atoms with E-state index in [0.717, 1.165) is 31.1 Å². The van der Waals surface area contributed by atoms with Crippen LogP contribution in [0, 0.1) is 0 Å². The van der Waals surface area contributed by atoms with Gasteiger partial charge < -0.3 is 9.73 Å². The Bertz CT molecular complexity index is 588. The van der Waals surface area contributed by atoms with E-state index in [1.807, 2.05) is 30.5 Å². The van der Waals surface area contributed by atoms with E-state index in [1.165, 1.54) is 12.8 Å². The van der Waals surface area contributed by atoms with Crippen LogP contribution in [0.5, 0.6) is 0 Å². The van der Waals surface area contributed by atoms with Gasteiger partial charge in [-0.3, -0.25) is 9.88 Å². The summed E-state index contributed by atoms with van der Waals surface area (Å²) in [5, 5.41) is 3.60. The molecular formula is C19H25N3O. The maximum absolute atomic E-state index is 5.66. The quantitative estimate of drug-likeness (QED) is 0.849. The van der Waals surface area contributed by atoms with Crippen molar-refractivity contribution in [2.24, 2.45) is 0 Å². The summed E-state index contributed by atoms with van der Waals surface area (Å²) in [6.07, 6.45) is 10.4. The molecule has 122 valence electrons. The van der Waals surface area contributed by atoms with Gasteiger partial charge in [-0.1, -0.05) is 12.1 Å². The van der Waals surface area contributed by atoms with Crippen LogP contribution >= 0.6 is 0 Å². The maximum Gasteiger partial charge on any atom is 0.122 e. The Kier molecular flexibility index (Phi) is 5.61. The van der Waals surface area contributed by atoms with Crippen LogP contribution in [0.1, 0.15) is 37.3 Å². The lowest BCUT2D eigenvalue weighted by molar-refractivity contribution is 0.208. The van der Waals surface area contributed by atoms with E-state index < -0.39 is 0 Å². The molecule has 1 fully saturated rings. The van der Waals surface area contributed by atoms with Crippen LogP contribution in [-0.2, 0) is 0 Å². The van der Waals surface area contributed by atoms with E-state index in [0.29, 0.717) is 6.04 Å². The van der Waals surface area contributed by atoms with Gasteiger partial charge in [0.2, 0.25) is 0 Å². The molecule has 1 saturated heterocycles. The van der Waals surface area contributed by atoms with Crippen molar-refractivity contribution in [3.05, 3.63) is 60.3 Å². The van der Waals surface area contributed by atoms with E-state index >= 15 is 0 Å². The van der Waals surface area contributed by atoms with Gasteiger partial charge in [0, 0.05) is 18.8 Å². The summed E-state index contributed by atoms with van der Waals surface area (Å²) < 4.78 is 5.66. The summed E-state index contributed by atoms with van der Waals surface area (Å²) >= 11 is 0. The monoisotopic (exact) mass is 311 g/mol. The smallest absolute Gasteiger partial charge is 0.122 e. The molecule has 1 aliphatic heterocycles. The highest BCUT2D eigenvalue weighted by Crippen LogP contribution is 2.25. The molecule has 2 aromatic rings. The molecule has 2 aromatic heterocycles. The summed E-state index contributed by atoms with van der Waals surface area (Å²) in [7, 11) is 0. The Morgan fingerprint density at radius 1 is 1.26 bits per heavy atom. The molecule has 1 N–H and O–H groups in total. The van der Waals surface area contributed by atoms with Gasteiger partial charge in [0.15, 0.2) is 0 Å². The van der Waals surface area contributed by atoms with Gasteiger partial charge in [-0.15, -0.1) is 0 Å². The molecular weight excluding hydrogens is 286 g/mol. The zero-order valence-electron chi connectivity index (χ0n) is 13.7. The topological polar surface area (TPSA) is 41.3 Å². The number of hydrogen-bond donors (Lipinski definition) is 1. The average Bonchev–Trinajstić information content (AvgIpc) is 3.28. The maximum atomic E-state index is 5.66. The third-order valence-electron chi connectivity index (χ3n) is 4.33. The van der Waals surface area contributed by atoms with Gasteiger partial charge in [-0.25, -0.2) is 0 Å². The molecule has 0 aromatic carbocycles. The number of nitrogens with one attached hydrogen (secondary N) is 1. The second-order valence-electron chi connectivity index (χ2n) is 6.08. The lowest BCUT2D eigenvalue weighted by Gasteiger charge is -2.27. The first-order valence-corrected chi connectivity index (χ1v) is 8.43. The van der Waals surface area contributed by atoms with Crippen molar-refractivity contribution in [3.63, 3.8) is 0 Å². The van der Waals surface area contributed by atoms with Crippen LogP contribution in [0.3, 0.4) is 0 Å². The van der Waals surface area contributed by atoms with Crippen molar-refractivity contribution in [3.8, 4) is 0 Å². The van der Waals surface area contributed by atoms with Crippen LogP contribution in [0.25, 0.3) is 6.08 Å². The Morgan fingerprint density at radius 2 is 2.13 bits per heavy atom. The first-order chi connectivity index (χ1) is 11.3. The summed E-state index contributed by atoms with van der Waals surface area (Å²) in [6.45, 7) is 5.38. The van der Waals surface area contributed by atoms with Crippen LogP contribution in [0.15, 0.2) is 53.3 Å². The molecule has 0 amide bonds. The van der Waals surface area contributed by atoms with Crippen molar-refractivity contribution in [2.75, 3.05) is 19.6 Å². The highest BCUT2D eigenvalue weighted by Gasteiger charge is 2.25. The fourth-order valence-corrected chi connectivity index (χ4v) is 3.03. The fraction of sp³-hybridized carbons (Fsp3) is 0.421. The number of pyridine rings is 1. The third kappa shape index (κ3) is 4.53. The standard InChI is InChI=1S/C19H25N3O/c1-16(9-10-17-7-2-3-11-20-17)21-15-18(19-8-6-14-23-19)22-12-4-5-13-22/h2-3,6-11,14,16,18,21H,4-5,12-13,15H2,1H3. The Balaban J connectivity index is 1.56. The van der Waals surface area contributed by atoms with Gasteiger partial charge >= 0.3 is 0 Å². The molecule has 0 bridgehead atoms. The van der Waals surface area contributed by atoms with E-state index in [-0.39, 0.29) is 6.04 Å². The van der Waals surface area contributed by atoms with Gasteiger partial charge in [-0.2, -0.15) is 0 Å². The van der Waals surface area contributed by atoms with Crippen molar-refractivity contribution >= 4 is 6.08 Å². The normalized spacial score (nSPS) is 18.5. The van der Waals surface area contributed by atoms with Gasteiger partial charge in [0.05, 0.1) is 18.0 Å². The summed E-state index contributed by atoms with van der Waals surface area (Å²) in [4.78, 5) is 6.83. The summed E-state index contributed by atoms with van der Waals surface area (Å²) in [6, 6.07) is 10.6. The number of nitrogens with zero attached hydrogens (tertiary/aromatic N) is 2. The molecule has 0 saturated carbocycles. The molecule has 4 nitrogen and oxygen atoms in total. The number of hydrogen-bond acceptors (Lipinski definition) is 4. The Morgan fingerprint density at radius 3 is 2.83 bits per heavy atom. The number of likely N-dealkylation sites (tertiary alicyclic amines) is 1. The van der Waals surface area contributed by atoms with E-state index in [9.17, 15) is 0 Å². The highest BCUT2D eigenvalue weighted by atomic mass is 16.3. The second-order valence-corrected chi connectivity index (χ2v) is 6.08. The second kappa shape index (κ2) is 8.09. The lowest BCUT2D eigenvalue weighted by atomic mass is 10.1. The van der Waals surface area contributed by atoms with Crippen LogP contribution in [0.4, 0.5) is 0 Å². The molecule has 0 radical (unpaired) electrons. The van der Waals surface area contributed by atoms with Crippen molar-refractivity contribution in [2.45, 2.75) is 31.8 Å². The predicted molar refractivity (Wildman–Crippen MR) is 93.0 cm³/mol. The average molecular weight is 311 g/mol. The first kappa shape index (κ1) is 16.0. The third-order valence-corrected chi connectivity index (χ3v) is 4.33. The molecule has 23 heavy (non-hydrogen) atoms. The van der Waals surface area contributed by atoms with Gasteiger partial charge in [0.1, 0.15) is 5.76 Å². The molecule has 4 heteroatoms. The minimum Gasteiger partial charge on any atom is -0.468 e. The van der Waals surface area contributed by atoms with Crippen molar-refractivity contribution in [1.82, 2.24) is 15.2 Å². The molecule has 2 unspecified atom stereocenters. The summed E-state index contributed by atoms with van der Waals surface area (Å²) in [5.74, 6) is 1.06. The highest BCUT2D eigenvalue weighted by molar-refractivity contribution is 5.44. The fourth-order valence-electron chi connectivity index (χ4n) is 3.03. The minimum atomic E-state index is 0.289. The van der Waals surface area contributed by atoms with Crippen molar-refractivity contribution < 1.29 is 4.42 Å². The number of furan rings is 1.